The maximum absolute atomic E-state index is 13.6. The second-order valence-electron chi connectivity index (χ2n) is 10.4. The number of rotatable bonds is 7. The van der Waals surface area contributed by atoms with Crippen LogP contribution in [0.25, 0.3) is 10.9 Å². The van der Waals surface area contributed by atoms with Crippen molar-refractivity contribution in [2.75, 3.05) is 44.2 Å². The SMILES string of the molecule is O=C(CN(C(=O)c1ccc2cc[nH]c2c1)c1ccccc1)N1CCC(CN2CCC(OC(=O)C(F)(F)F)C2)CC1. The number of alkyl halides is 3. The molecule has 212 valence electrons. The summed E-state index contributed by atoms with van der Waals surface area (Å²) < 4.78 is 42.0. The average Bonchev–Trinajstić information content (AvgIpc) is 3.60. The summed E-state index contributed by atoms with van der Waals surface area (Å²) in [6.07, 6.45) is -2.06. The molecule has 2 amide bonds. The third-order valence-corrected chi connectivity index (χ3v) is 7.63. The number of hydrogen-bond acceptors (Lipinski definition) is 5. The van der Waals surface area contributed by atoms with Gasteiger partial charge in [0.1, 0.15) is 12.6 Å². The van der Waals surface area contributed by atoms with E-state index in [2.05, 4.69) is 9.72 Å². The highest BCUT2D eigenvalue weighted by Crippen LogP contribution is 2.25. The molecule has 1 N–H and O–H groups in total. The Bertz CT molecular complexity index is 1350. The number of H-pyrrole nitrogens is 1. The van der Waals surface area contributed by atoms with E-state index in [0.717, 1.165) is 23.7 Å². The molecule has 2 aromatic carbocycles. The third-order valence-electron chi connectivity index (χ3n) is 7.63. The smallest absolute Gasteiger partial charge is 0.454 e. The number of fused-ring (bicyclic) bond motifs is 1. The van der Waals surface area contributed by atoms with Crippen molar-refractivity contribution in [3.8, 4) is 0 Å². The van der Waals surface area contributed by atoms with Gasteiger partial charge in [0, 0.05) is 55.7 Å². The summed E-state index contributed by atoms with van der Waals surface area (Å²) in [5.41, 5.74) is 1.96. The molecular formula is C29H31F3N4O4. The Morgan fingerprint density at radius 2 is 1.73 bits per heavy atom. The van der Waals surface area contributed by atoms with Crippen LogP contribution in [-0.2, 0) is 14.3 Å². The lowest BCUT2D eigenvalue weighted by Gasteiger charge is -2.35. The average molecular weight is 557 g/mol. The van der Waals surface area contributed by atoms with Crippen LogP contribution in [0.15, 0.2) is 60.8 Å². The van der Waals surface area contributed by atoms with Gasteiger partial charge in [0.15, 0.2) is 0 Å². The molecule has 0 spiro atoms. The summed E-state index contributed by atoms with van der Waals surface area (Å²) in [5.74, 6) is -2.27. The Hall–Kier alpha value is -3.86. The zero-order valence-corrected chi connectivity index (χ0v) is 21.9. The number of para-hydroxylation sites is 1. The van der Waals surface area contributed by atoms with Crippen LogP contribution in [0, 0.1) is 5.92 Å². The number of aromatic nitrogens is 1. The number of esters is 1. The summed E-state index contributed by atoms with van der Waals surface area (Å²) in [4.78, 5) is 46.4. The fourth-order valence-corrected chi connectivity index (χ4v) is 5.47. The minimum Gasteiger partial charge on any atom is -0.454 e. The minimum atomic E-state index is -4.98. The molecule has 3 aromatic rings. The zero-order chi connectivity index (χ0) is 28.3. The zero-order valence-electron chi connectivity index (χ0n) is 21.9. The fourth-order valence-electron chi connectivity index (χ4n) is 5.47. The Kier molecular flexibility index (Phi) is 8.11. The van der Waals surface area contributed by atoms with Crippen LogP contribution < -0.4 is 4.90 Å². The minimum absolute atomic E-state index is 0.0886. The van der Waals surface area contributed by atoms with Crippen LogP contribution in [0.2, 0.25) is 0 Å². The van der Waals surface area contributed by atoms with E-state index in [9.17, 15) is 27.6 Å². The molecule has 2 fully saturated rings. The molecule has 0 bridgehead atoms. The highest BCUT2D eigenvalue weighted by molar-refractivity contribution is 6.10. The summed E-state index contributed by atoms with van der Waals surface area (Å²) in [7, 11) is 0. The Balaban J connectivity index is 1.16. The normalized spacial score (nSPS) is 18.7. The van der Waals surface area contributed by atoms with Crippen molar-refractivity contribution in [2.24, 2.45) is 5.92 Å². The summed E-state index contributed by atoms with van der Waals surface area (Å²) in [5, 5.41) is 0.994. The Morgan fingerprint density at radius 3 is 2.45 bits per heavy atom. The first kappa shape index (κ1) is 27.7. The first-order valence-corrected chi connectivity index (χ1v) is 13.4. The topological polar surface area (TPSA) is 86.0 Å². The molecular weight excluding hydrogens is 525 g/mol. The molecule has 3 heterocycles. The molecule has 11 heteroatoms. The number of halogens is 3. The largest absolute Gasteiger partial charge is 0.490 e. The number of piperidine rings is 1. The number of likely N-dealkylation sites (tertiary alicyclic amines) is 2. The first-order valence-electron chi connectivity index (χ1n) is 13.4. The van der Waals surface area contributed by atoms with Gasteiger partial charge in [-0.05, 0) is 60.9 Å². The van der Waals surface area contributed by atoms with Gasteiger partial charge in [-0.15, -0.1) is 0 Å². The predicted molar refractivity (Wildman–Crippen MR) is 143 cm³/mol. The molecule has 1 unspecified atom stereocenters. The molecule has 40 heavy (non-hydrogen) atoms. The molecule has 0 aliphatic carbocycles. The number of carbonyl (C=O) groups excluding carboxylic acids is 3. The van der Waals surface area contributed by atoms with Gasteiger partial charge in [-0.25, -0.2) is 4.79 Å². The molecule has 2 aliphatic heterocycles. The van der Waals surface area contributed by atoms with Gasteiger partial charge in [-0.3, -0.25) is 19.4 Å². The number of aromatic amines is 1. The van der Waals surface area contributed by atoms with Crippen molar-refractivity contribution in [1.82, 2.24) is 14.8 Å². The lowest BCUT2D eigenvalue weighted by Crippen LogP contribution is -2.47. The molecule has 5 rings (SSSR count). The van der Waals surface area contributed by atoms with Gasteiger partial charge < -0.3 is 14.6 Å². The maximum Gasteiger partial charge on any atom is 0.490 e. The van der Waals surface area contributed by atoms with Crippen molar-refractivity contribution in [1.29, 1.82) is 0 Å². The van der Waals surface area contributed by atoms with E-state index in [4.69, 9.17) is 0 Å². The van der Waals surface area contributed by atoms with Crippen molar-refractivity contribution >= 4 is 34.4 Å². The number of benzene rings is 2. The van der Waals surface area contributed by atoms with Crippen LogP contribution in [-0.4, -0.2) is 84.1 Å². The molecule has 2 saturated heterocycles. The predicted octanol–water partition coefficient (Wildman–Crippen LogP) is 4.23. The van der Waals surface area contributed by atoms with E-state index in [0.29, 0.717) is 43.9 Å². The standard InChI is InChI=1S/C29H31F3N4O4/c30-29(31,32)28(39)40-24-11-13-34(18-24)17-20-9-14-35(15-10-20)26(37)19-36(23-4-2-1-3-5-23)27(38)22-7-6-21-8-12-33-25(21)16-22/h1-8,12,16,20,24,33H,9-11,13-15,17-19H2. The number of carbonyl (C=O) groups is 3. The lowest BCUT2D eigenvalue weighted by molar-refractivity contribution is -0.204. The van der Waals surface area contributed by atoms with Crippen molar-refractivity contribution in [3.63, 3.8) is 0 Å². The third kappa shape index (κ3) is 6.47. The number of anilines is 1. The Labute approximate surface area is 229 Å². The number of hydrogen-bond donors (Lipinski definition) is 1. The second kappa shape index (κ2) is 11.7. The van der Waals surface area contributed by atoms with E-state index < -0.39 is 18.2 Å². The van der Waals surface area contributed by atoms with E-state index in [1.54, 1.807) is 29.2 Å². The van der Waals surface area contributed by atoms with E-state index in [1.165, 1.54) is 4.90 Å². The van der Waals surface area contributed by atoms with Crippen molar-refractivity contribution < 1.29 is 32.3 Å². The van der Waals surface area contributed by atoms with Gasteiger partial charge in [0.05, 0.1) is 0 Å². The van der Waals surface area contributed by atoms with E-state index in [1.807, 2.05) is 41.4 Å². The summed E-state index contributed by atoms with van der Waals surface area (Å²) in [6, 6.07) is 16.5. The van der Waals surface area contributed by atoms with Gasteiger partial charge >= 0.3 is 12.1 Å². The Morgan fingerprint density at radius 1 is 0.975 bits per heavy atom. The monoisotopic (exact) mass is 556 g/mol. The maximum atomic E-state index is 13.6. The summed E-state index contributed by atoms with van der Waals surface area (Å²) >= 11 is 0. The first-order chi connectivity index (χ1) is 19.2. The quantitative estimate of drug-likeness (QED) is 0.441. The molecule has 1 atom stereocenters. The van der Waals surface area contributed by atoms with Crippen molar-refractivity contribution in [3.05, 3.63) is 66.4 Å². The van der Waals surface area contributed by atoms with Crippen LogP contribution in [0.5, 0.6) is 0 Å². The van der Waals surface area contributed by atoms with E-state index in [-0.39, 0.29) is 30.8 Å². The molecule has 0 saturated carbocycles. The van der Waals surface area contributed by atoms with Crippen LogP contribution in [0.4, 0.5) is 18.9 Å². The van der Waals surface area contributed by atoms with E-state index >= 15 is 0 Å². The van der Waals surface area contributed by atoms with Gasteiger partial charge in [-0.1, -0.05) is 24.3 Å². The highest BCUT2D eigenvalue weighted by atomic mass is 19.4. The van der Waals surface area contributed by atoms with Gasteiger partial charge in [0.25, 0.3) is 5.91 Å². The van der Waals surface area contributed by atoms with Gasteiger partial charge in [-0.2, -0.15) is 13.2 Å². The number of ether oxygens (including phenoxy) is 1. The number of nitrogens with zero attached hydrogens (tertiary/aromatic N) is 3. The van der Waals surface area contributed by atoms with Gasteiger partial charge in [0.2, 0.25) is 5.91 Å². The fraction of sp³-hybridized carbons (Fsp3) is 0.414. The molecule has 1 aromatic heterocycles. The van der Waals surface area contributed by atoms with Crippen molar-refractivity contribution in [2.45, 2.75) is 31.5 Å². The molecule has 8 nitrogen and oxygen atoms in total. The number of amides is 2. The van der Waals surface area contributed by atoms with Crippen LogP contribution in [0.3, 0.4) is 0 Å². The van der Waals surface area contributed by atoms with Crippen LogP contribution >= 0.6 is 0 Å². The highest BCUT2D eigenvalue weighted by Gasteiger charge is 2.43. The lowest BCUT2D eigenvalue weighted by atomic mass is 9.96. The van der Waals surface area contributed by atoms with Crippen LogP contribution in [0.1, 0.15) is 29.6 Å². The second-order valence-corrected chi connectivity index (χ2v) is 10.4. The molecule has 0 radical (unpaired) electrons. The number of nitrogens with one attached hydrogen (secondary N) is 1. The molecule has 2 aliphatic rings. The summed E-state index contributed by atoms with van der Waals surface area (Å²) in [6.45, 7) is 2.51.